The van der Waals surface area contributed by atoms with E-state index in [1.807, 2.05) is 36.4 Å². The molecule has 1 saturated heterocycles. The fourth-order valence-electron chi connectivity index (χ4n) is 4.96. The molecule has 0 spiro atoms. The van der Waals surface area contributed by atoms with Crippen LogP contribution in [-0.2, 0) is 29.0 Å². The van der Waals surface area contributed by atoms with E-state index in [1.165, 1.54) is 16.0 Å². The fraction of sp³-hybridized carbons (Fsp3) is 0.375. The van der Waals surface area contributed by atoms with Gasteiger partial charge < -0.3 is 10.2 Å². The zero-order valence-corrected chi connectivity index (χ0v) is 16.8. The summed E-state index contributed by atoms with van der Waals surface area (Å²) in [5, 5.41) is 3.10. The number of nitrogens with one attached hydrogen (secondary N) is 1. The van der Waals surface area contributed by atoms with E-state index in [1.54, 1.807) is 4.90 Å². The molecule has 5 rings (SSSR count). The highest BCUT2D eigenvalue weighted by Crippen LogP contribution is 2.31. The molecule has 0 saturated carbocycles. The van der Waals surface area contributed by atoms with Crippen molar-refractivity contribution in [3.63, 3.8) is 0 Å². The number of benzene rings is 2. The lowest BCUT2D eigenvalue weighted by Gasteiger charge is -2.28. The third-order valence-electron chi connectivity index (χ3n) is 6.54. The molecule has 2 unspecified atom stereocenters. The maximum Gasteiger partial charge on any atom is 0.327 e. The summed E-state index contributed by atoms with van der Waals surface area (Å²) in [4.78, 5) is 41.2. The molecule has 3 aliphatic rings. The molecule has 1 fully saturated rings. The molecule has 4 amide bonds. The first kappa shape index (κ1) is 18.9. The van der Waals surface area contributed by atoms with Crippen molar-refractivity contribution in [3.05, 3.63) is 70.8 Å². The largest absolute Gasteiger partial charge is 0.349 e. The quantitative estimate of drug-likeness (QED) is 0.798. The molecule has 1 N–H and O–H groups in total. The summed E-state index contributed by atoms with van der Waals surface area (Å²) in [5.41, 5.74) is 4.68. The molecular formula is C24H25N3O3. The summed E-state index contributed by atoms with van der Waals surface area (Å²) in [7, 11) is 0. The van der Waals surface area contributed by atoms with E-state index in [4.69, 9.17) is 0 Å². The summed E-state index contributed by atoms with van der Waals surface area (Å²) < 4.78 is 0. The molecule has 2 atom stereocenters. The van der Waals surface area contributed by atoms with Crippen LogP contribution in [0.1, 0.15) is 47.6 Å². The monoisotopic (exact) mass is 403 g/mol. The SMILES string of the molecule is O=C(CCN1C(=O)C2Cc3ccccc3CN2C1=O)NC1CCCc2ccccc21. The Hall–Kier alpha value is -3.15. The normalized spacial score (nSPS) is 22.4. The predicted molar refractivity (Wildman–Crippen MR) is 111 cm³/mol. The van der Waals surface area contributed by atoms with Crippen molar-refractivity contribution in [2.24, 2.45) is 0 Å². The Morgan fingerprint density at radius 2 is 1.73 bits per heavy atom. The lowest BCUT2D eigenvalue weighted by molar-refractivity contribution is -0.129. The van der Waals surface area contributed by atoms with Gasteiger partial charge in [-0.15, -0.1) is 0 Å². The lowest BCUT2D eigenvalue weighted by Crippen LogP contribution is -2.40. The van der Waals surface area contributed by atoms with E-state index in [9.17, 15) is 14.4 Å². The van der Waals surface area contributed by atoms with Crippen molar-refractivity contribution in [3.8, 4) is 0 Å². The van der Waals surface area contributed by atoms with Gasteiger partial charge in [0, 0.05) is 25.9 Å². The Balaban J connectivity index is 1.22. The molecule has 30 heavy (non-hydrogen) atoms. The first-order valence-electron chi connectivity index (χ1n) is 10.7. The summed E-state index contributed by atoms with van der Waals surface area (Å²) in [6.07, 6.45) is 3.67. The molecule has 2 aliphatic heterocycles. The second kappa shape index (κ2) is 7.59. The third kappa shape index (κ3) is 3.26. The van der Waals surface area contributed by atoms with Crippen molar-refractivity contribution in [1.82, 2.24) is 15.1 Å². The highest BCUT2D eigenvalue weighted by molar-refractivity contribution is 6.04. The predicted octanol–water partition coefficient (Wildman–Crippen LogP) is 2.96. The number of nitrogens with zero attached hydrogens (tertiary/aromatic N) is 2. The first-order valence-corrected chi connectivity index (χ1v) is 10.7. The number of fused-ring (bicyclic) bond motifs is 3. The Morgan fingerprint density at radius 3 is 2.57 bits per heavy atom. The van der Waals surface area contributed by atoms with Crippen LogP contribution >= 0.6 is 0 Å². The number of amides is 4. The topological polar surface area (TPSA) is 69.7 Å². The maximum absolute atomic E-state index is 12.9. The van der Waals surface area contributed by atoms with Crippen molar-refractivity contribution >= 4 is 17.8 Å². The van der Waals surface area contributed by atoms with E-state index in [0.717, 1.165) is 30.4 Å². The van der Waals surface area contributed by atoms with Crippen LogP contribution in [0.15, 0.2) is 48.5 Å². The van der Waals surface area contributed by atoms with Crippen LogP contribution in [-0.4, -0.2) is 40.2 Å². The third-order valence-corrected chi connectivity index (χ3v) is 6.54. The highest BCUT2D eigenvalue weighted by atomic mass is 16.2. The minimum Gasteiger partial charge on any atom is -0.349 e. The minimum atomic E-state index is -0.444. The van der Waals surface area contributed by atoms with Crippen molar-refractivity contribution in [1.29, 1.82) is 0 Å². The van der Waals surface area contributed by atoms with Crippen LogP contribution < -0.4 is 5.32 Å². The molecule has 154 valence electrons. The molecule has 2 heterocycles. The van der Waals surface area contributed by atoms with Crippen molar-refractivity contribution in [2.45, 2.75) is 50.7 Å². The smallest absolute Gasteiger partial charge is 0.327 e. The zero-order chi connectivity index (χ0) is 20.7. The van der Waals surface area contributed by atoms with Gasteiger partial charge in [0.1, 0.15) is 6.04 Å². The zero-order valence-electron chi connectivity index (χ0n) is 16.8. The highest BCUT2D eigenvalue weighted by Gasteiger charge is 2.46. The summed E-state index contributed by atoms with van der Waals surface area (Å²) >= 11 is 0. The fourth-order valence-corrected chi connectivity index (χ4v) is 4.96. The van der Waals surface area contributed by atoms with Gasteiger partial charge in [0.2, 0.25) is 5.91 Å². The molecular weight excluding hydrogens is 378 g/mol. The van der Waals surface area contributed by atoms with Gasteiger partial charge in [-0.25, -0.2) is 4.79 Å². The van der Waals surface area contributed by atoms with Crippen LogP contribution in [0.2, 0.25) is 0 Å². The minimum absolute atomic E-state index is 0.00765. The van der Waals surface area contributed by atoms with Crippen LogP contribution in [0.5, 0.6) is 0 Å². The number of aryl methyl sites for hydroxylation is 1. The van der Waals surface area contributed by atoms with Crippen LogP contribution in [0, 0.1) is 0 Å². The summed E-state index contributed by atoms with van der Waals surface area (Å²) in [5.74, 6) is -0.309. The molecule has 0 bridgehead atoms. The summed E-state index contributed by atoms with van der Waals surface area (Å²) in [6.45, 7) is 0.578. The number of hydrogen-bond donors (Lipinski definition) is 1. The average molecular weight is 403 g/mol. The number of urea groups is 1. The van der Waals surface area contributed by atoms with Gasteiger partial charge in [-0.2, -0.15) is 0 Å². The average Bonchev–Trinajstić information content (AvgIpc) is 3.00. The maximum atomic E-state index is 12.9. The van der Waals surface area contributed by atoms with Crippen molar-refractivity contribution in [2.75, 3.05) is 6.54 Å². The molecule has 6 heteroatoms. The molecule has 0 aromatic heterocycles. The molecule has 6 nitrogen and oxygen atoms in total. The number of carbonyl (C=O) groups excluding carboxylic acids is 3. The van der Waals surface area contributed by atoms with Crippen LogP contribution in [0.3, 0.4) is 0 Å². The van der Waals surface area contributed by atoms with E-state index < -0.39 is 6.04 Å². The van der Waals surface area contributed by atoms with Gasteiger partial charge in [0.25, 0.3) is 5.91 Å². The van der Waals surface area contributed by atoms with Gasteiger partial charge in [-0.3, -0.25) is 14.5 Å². The molecule has 2 aromatic carbocycles. The van der Waals surface area contributed by atoms with Gasteiger partial charge in [0.15, 0.2) is 0 Å². The van der Waals surface area contributed by atoms with E-state index in [-0.39, 0.29) is 36.9 Å². The Kier molecular flexibility index (Phi) is 4.77. The standard InChI is InChI=1S/C24H25N3O3/c28-22(25-20-11-5-9-16-6-3-4-10-19(16)20)12-13-26-23(29)21-14-17-7-1-2-8-18(17)15-27(21)24(26)30/h1-4,6-8,10,20-21H,5,9,11-15H2,(H,25,28). The first-order chi connectivity index (χ1) is 14.6. The number of carbonyl (C=O) groups is 3. The lowest BCUT2D eigenvalue weighted by atomic mass is 9.87. The van der Waals surface area contributed by atoms with Gasteiger partial charge >= 0.3 is 6.03 Å². The summed E-state index contributed by atoms with van der Waals surface area (Å²) in [6, 6.07) is 15.4. The Bertz CT molecular complexity index is 975. The van der Waals surface area contributed by atoms with Gasteiger partial charge in [-0.1, -0.05) is 48.5 Å². The molecule has 0 radical (unpaired) electrons. The second-order valence-electron chi connectivity index (χ2n) is 8.35. The Labute approximate surface area is 175 Å². The van der Waals surface area contributed by atoms with Crippen LogP contribution in [0.25, 0.3) is 0 Å². The van der Waals surface area contributed by atoms with E-state index >= 15 is 0 Å². The van der Waals surface area contributed by atoms with Crippen LogP contribution in [0.4, 0.5) is 4.79 Å². The van der Waals surface area contributed by atoms with E-state index in [0.29, 0.717) is 13.0 Å². The number of imide groups is 1. The molecule has 2 aromatic rings. The van der Waals surface area contributed by atoms with Crippen molar-refractivity contribution < 1.29 is 14.4 Å². The number of hydrogen-bond acceptors (Lipinski definition) is 3. The second-order valence-corrected chi connectivity index (χ2v) is 8.35. The number of rotatable bonds is 4. The van der Waals surface area contributed by atoms with E-state index in [2.05, 4.69) is 17.4 Å². The Morgan fingerprint density at radius 1 is 1.00 bits per heavy atom. The molecule has 1 aliphatic carbocycles. The van der Waals surface area contributed by atoms with Gasteiger partial charge in [-0.05, 0) is 41.5 Å². The van der Waals surface area contributed by atoms with Gasteiger partial charge in [0.05, 0.1) is 6.04 Å².